The Morgan fingerprint density at radius 1 is 1.23 bits per heavy atom. The van der Waals surface area contributed by atoms with Crippen molar-refractivity contribution in [1.82, 2.24) is 5.32 Å². The molecule has 0 amide bonds. The Bertz CT molecular complexity index is 265. The molecule has 0 unspecified atom stereocenters. The lowest BCUT2D eigenvalue weighted by Gasteiger charge is -2.32. The van der Waals surface area contributed by atoms with Gasteiger partial charge in [0.1, 0.15) is 0 Å². The average molecular weight is 176 g/mol. The minimum atomic E-state index is -0.611. The van der Waals surface area contributed by atoms with Crippen LogP contribution in [0.1, 0.15) is 18.4 Å². The summed E-state index contributed by atoms with van der Waals surface area (Å²) in [4.78, 5) is 0. The molecule has 1 heterocycles. The largest absolute Gasteiger partial charge is 0.385 e. The van der Waals surface area contributed by atoms with Gasteiger partial charge >= 0.3 is 0 Å². The molecule has 0 atom stereocenters. The standard InChI is InChI=1S/C11H14NO/c13-11(6-8-12-9-7-11)10-4-2-1-3-5-10/h2-5,12-13H,6-9H2. The molecule has 0 bridgehead atoms. The zero-order valence-electron chi connectivity index (χ0n) is 7.59. The molecule has 1 fully saturated rings. The number of rotatable bonds is 1. The number of hydrogen-bond acceptors (Lipinski definition) is 2. The lowest BCUT2D eigenvalue weighted by Crippen LogP contribution is -2.39. The summed E-state index contributed by atoms with van der Waals surface area (Å²) in [6.07, 6.45) is 1.61. The Morgan fingerprint density at radius 2 is 1.85 bits per heavy atom. The molecular formula is C11H14NO. The van der Waals surface area contributed by atoms with Gasteiger partial charge in [-0.05, 0) is 37.6 Å². The minimum absolute atomic E-state index is 0.611. The summed E-state index contributed by atoms with van der Waals surface area (Å²) in [5.41, 5.74) is 0.410. The summed E-state index contributed by atoms with van der Waals surface area (Å²) in [6.45, 7) is 1.80. The molecule has 2 nitrogen and oxygen atoms in total. The topological polar surface area (TPSA) is 32.3 Å². The summed E-state index contributed by atoms with van der Waals surface area (Å²) >= 11 is 0. The molecule has 2 heteroatoms. The fraction of sp³-hybridized carbons (Fsp3) is 0.455. The van der Waals surface area contributed by atoms with Crippen LogP contribution in [-0.4, -0.2) is 18.2 Å². The SMILES string of the molecule is OC1(c2cc[c]cc2)CCNCC1. The van der Waals surface area contributed by atoms with Crippen LogP contribution in [0, 0.1) is 6.07 Å². The Morgan fingerprint density at radius 3 is 2.46 bits per heavy atom. The maximum atomic E-state index is 10.3. The van der Waals surface area contributed by atoms with Crippen molar-refractivity contribution in [1.29, 1.82) is 0 Å². The highest BCUT2D eigenvalue weighted by Gasteiger charge is 2.30. The van der Waals surface area contributed by atoms with E-state index < -0.39 is 5.60 Å². The minimum Gasteiger partial charge on any atom is -0.385 e. The van der Waals surface area contributed by atoms with Gasteiger partial charge in [0.15, 0.2) is 0 Å². The van der Waals surface area contributed by atoms with Crippen LogP contribution in [0.15, 0.2) is 24.3 Å². The van der Waals surface area contributed by atoms with E-state index in [9.17, 15) is 5.11 Å². The Balaban J connectivity index is 2.23. The normalized spacial score (nSPS) is 21.3. The molecule has 13 heavy (non-hydrogen) atoms. The first-order valence-electron chi connectivity index (χ1n) is 4.71. The number of piperidine rings is 1. The van der Waals surface area contributed by atoms with Crippen LogP contribution in [0.25, 0.3) is 0 Å². The van der Waals surface area contributed by atoms with E-state index in [0.29, 0.717) is 0 Å². The molecule has 0 saturated carbocycles. The predicted octanol–water partition coefficient (Wildman–Crippen LogP) is 1.06. The molecule has 69 valence electrons. The third kappa shape index (κ3) is 1.74. The molecule has 1 aliphatic heterocycles. The summed E-state index contributed by atoms with van der Waals surface area (Å²) in [5, 5.41) is 13.5. The molecule has 1 aliphatic rings. The van der Waals surface area contributed by atoms with Gasteiger partial charge in [0.2, 0.25) is 0 Å². The summed E-state index contributed by atoms with van der Waals surface area (Å²) < 4.78 is 0. The van der Waals surface area contributed by atoms with Crippen LogP contribution in [0.4, 0.5) is 0 Å². The van der Waals surface area contributed by atoms with Crippen molar-refractivity contribution in [3.05, 3.63) is 35.9 Å². The molecule has 2 rings (SSSR count). The van der Waals surface area contributed by atoms with Crippen molar-refractivity contribution in [3.8, 4) is 0 Å². The third-order valence-electron chi connectivity index (χ3n) is 2.69. The zero-order chi connectivity index (χ0) is 9.15. The second-order valence-corrected chi connectivity index (χ2v) is 3.57. The monoisotopic (exact) mass is 176 g/mol. The highest BCUT2D eigenvalue weighted by atomic mass is 16.3. The molecule has 0 aromatic heterocycles. The summed E-state index contributed by atoms with van der Waals surface area (Å²) in [7, 11) is 0. The van der Waals surface area contributed by atoms with Crippen molar-refractivity contribution >= 4 is 0 Å². The molecule has 1 aromatic carbocycles. The Hall–Kier alpha value is -0.860. The van der Waals surface area contributed by atoms with E-state index in [2.05, 4.69) is 11.4 Å². The fourth-order valence-electron chi connectivity index (χ4n) is 1.83. The molecular weight excluding hydrogens is 162 g/mol. The molecule has 0 spiro atoms. The van der Waals surface area contributed by atoms with Crippen molar-refractivity contribution in [2.75, 3.05) is 13.1 Å². The number of aliphatic hydroxyl groups is 1. The van der Waals surface area contributed by atoms with Crippen LogP contribution in [-0.2, 0) is 5.60 Å². The first-order valence-corrected chi connectivity index (χ1v) is 4.71. The molecule has 1 aromatic rings. The van der Waals surface area contributed by atoms with Gasteiger partial charge in [-0.1, -0.05) is 24.3 Å². The van der Waals surface area contributed by atoms with Crippen molar-refractivity contribution in [2.45, 2.75) is 18.4 Å². The van der Waals surface area contributed by atoms with Gasteiger partial charge in [-0.3, -0.25) is 0 Å². The highest BCUT2D eigenvalue weighted by molar-refractivity contribution is 5.22. The zero-order valence-corrected chi connectivity index (χ0v) is 7.59. The van der Waals surface area contributed by atoms with Gasteiger partial charge in [0.25, 0.3) is 0 Å². The Labute approximate surface area is 78.6 Å². The van der Waals surface area contributed by atoms with E-state index in [1.165, 1.54) is 0 Å². The fourth-order valence-corrected chi connectivity index (χ4v) is 1.83. The lowest BCUT2D eigenvalue weighted by atomic mass is 9.85. The lowest BCUT2D eigenvalue weighted by molar-refractivity contribution is 0.00594. The second-order valence-electron chi connectivity index (χ2n) is 3.57. The van der Waals surface area contributed by atoms with Crippen LogP contribution in [0.5, 0.6) is 0 Å². The van der Waals surface area contributed by atoms with Crippen molar-refractivity contribution < 1.29 is 5.11 Å². The van der Waals surface area contributed by atoms with E-state index in [4.69, 9.17) is 0 Å². The van der Waals surface area contributed by atoms with Gasteiger partial charge in [-0.2, -0.15) is 0 Å². The average Bonchev–Trinajstić information content (AvgIpc) is 2.20. The number of hydrogen-bond donors (Lipinski definition) is 2. The third-order valence-corrected chi connectivity index (χ3v) is 2.69. The maximum absolute atomic E-state index is 10.3. The number of nitrogens with one attached hydrogen (secondary N) is 1. The van der Waals surface area contributed by atoms with Gasteiger partial charge in [0, 0.05) is 0 Å². The summed E-state index contributed by atoms with van der Waals surface area (Å²) in [6, 6.07) is 10.6. The van der Waals surface area contributed by atoms with E-state index in [-0.39, 0.29) is 0 Å². The van der Waals surface area contributed by atoms with Crippen LogP contribution < -0.4 is 5.32 Å². The van der Waals surface area contributed by atoms with Gasteiger partial charge < -0.3 is 10.4 Å². The molecule has 2 N–H and O–H groups in total. The van der Waals surface area contributed by atoms with E-state index in [1.807, 2.05) is 24.3 Å². The van der Waals surface area contributed by atoms with Gasteiger partial charge in [-0.15, -0.1) is 0 Å². The van der Waals surface area contributed by atoms with Crippen LogP contribution >= 0.6 is 0 Å². The van der Waals surface area contributed by atoms with Crippen molar-refractivity contribution in [3.63, 3.8) is 0 Å². The van der Waals surface area contributed by atoms with Crippen LogP contribution in [0.3, 0.4) is 0 Å². The molecule has 0 aliphatic carbocycles. The quantitative estimate of drug-likeness (QED) is 0.670. The molecule has 1 radical (unpaired) electrons. The van der Waals surface area contributed by atoms with E-state index in [0.717, 1.165) is 31.5 Å². The second kappa shape index (κ2) is 3.48. The van der Waals surface area contributed by atoms with Crippen LogP contribution in [0.2, 0.25) is 0 Å². The van der Waals surface area contributed by atoms with Crippen molar-refractivity contribution in [2.24, 2.45) is 0 Å². The Kier molecular flexibility index (Phi) is 2.34. The van der Waals surface area contributed by atoms with Gasteiger partial charge in [0.05, 0.1) is 5.60 Å². The highest BCUT2D eigenvalue weighted by Crippen LogP contribution is 2.29. The summed E-state index contributed by atoms with van der Waals surface area (Å²) in [5.74, 6) is 0. The smallest absolute Gasteiger partial charge is 0.0920 e. The van der Waals surface area contributed by atoms with E-state index >= 15 is 0 Å². The first kappa shape index (κ1) is 8.73. The molecule has 1 saturated heterocycles. The van der Waals surface area contributed by atoms with E-state index in [1.54, 1.807) is 0 Å². The first-order chi connectivity index (χ1) is 6.31. The maximum Gasteiger partial charge on any atom is 0.0920 e. The van der Waals surface area contributed by atoms with Gasteiger partial charge in [-0.25, -0.2) is 0 Å². The predicted molar refractivity (Wildman–Crippen MR) is 51.3 cm³/mol. The number of benzene rings is 1.